The van der Waals surface area contributed by atoms with Crippen molar-refractivity contribution in [1.82, 2.24) is 24.7 Å². The molecule has 0 saturated carbocycles. The molecule has 8 heteroatoms. The van der Waals surface area contributed by atoms with Crippen molar-refractivity contribution in [1.29, 1.82) is 0 Å². The largest absolute Gasteiger partial charge is 0.480 e. The number of nitrogens with one attached hydrogen (secondary N) is 1. The van der Waals surface area contributed by atoms with Crippen LogP contribution in [0.15, 0.2) is 53.9 Å². The van der Waals surface area contributed by atoms with Gasteiger partial charge in [-0.05, 0) is 63.0 Å². The summed E-state index contributed by atoms with van der Waals surface area (Å²) < 4.78 is 0. The molecule has 2 aromatic rings. The molecule has 202 valence electrons. The third-order valence-electron chi connectivity index (χ3n) is 6.52. The highest BCUT2D eigenvalue weighted by atomic mass is 16.4. The second-order valence-corrected chi connectivity index (χ2v) is 9.93. The lowest BCUT2D eigenvalue weighted by atomic mass is 10.1. The molecule has 0 saturated heterocycles. The monoisotopic (exact) mass is 508 g/mol. The summed E-state index contributed by atoms with van der Waals surface area (Å²) in [6.07, 6.45) is 13.0. The second-order valence-electron chi connectivity index (χ2n) is 9.93. The van der Waals surface area contributed by atoms with Gasteiger partial charge < -0.3 is 15.0 Å². The van der Waals surface area contributed by atoms with Crippen molar-refractivity contribution in [2.75, 3.05) is 39.3 Å². The molecule has 1 aromatic heterocycles. The molecule has 8 nitrogen and oxygen atoms in total. The first-order chi connectivity index (χ1) is 18.1. The van der Waals surface area contributed by atoms with Crippen molar-refractivity contribution in [2.45, 2.75) is 65.6 Å². The van der Waals surface area contributed by atoms with E-state index in [1.807, 2.05) is 12.4 Å². The number of carboxylic acid groups (broad SMARTS) is 1. The third kappa shape index (κ3) is 11.0. The van der Waals surface area contributed by atoms with Gasteiger partial charge in [-0.2, -0.15) is 0 Å². The Morgan fingerprint density at radius 2 is 1.54 bits per heavy atom. The van der Waals surface area contributed by atoms with Crippen LogP contribution in [0.4, 0.5) is 0 Å². The van der Waals surface area contributed by atoms with E-state index in [-0.39, 0.29) is 6.54 Å². The zero-order valence-corrected chi connectivity index (χ0v) is 22.6. The zero-order valence-electron chi connectivity index (χ0n) is 22.6. The van der Waals surface area contributed by atoms with E-state index in [0.29, 0.717) is 6.54 Å². The molecule has 2 heterocycles. The number of aliphatic imine (C=N–C) groups is 1. The SMILES string of the molecule is CCCN(CCC)CCCCN(CC(=O)O)Cc1ccc(CN(CC2=NC=CC2)Cc2ncc[nH]2)cc1. The van der Waals surface area contributed by atoms with E-state index in [1.54, 1.807) is 6.20 Å². The first-order valence-electron chi connectivity index (χ1n) is 13.7. The molecular formula is C29H44N6O2. The van der Waals surface area contributed by atoms with Crippen molar-refractivity contribution < 1.29 is 9.90 Å². The van der Waals surface area contributed by atoms with Gasteiger partial charge in [0.25, 0.3) is 0 Å². The number of H-pyrrole nitrogens is 1. The van der Waals surface area contributed by atoms with Crippen LogP contribution in [-0.2, 0) is 24.4 Å². The highest BCUT2D eigenvalue weighted by molar-refractivity contribution is 5.89. The lowest BCUT2D eigenvalue weighted by Crippen LogP contribution is -2.31. The average Bonchev–Trinajstić information content (AvgIpc) is 3.57. The van der Waals surface area contributed by atoms with Gasteiger partial charge in [-0.1, -0.05) is 44.2 Å². The Balaban J connectivity index is 1.52. The molecule has 1 aromatic carbocycles. The summed E-state index contributed by atoms with van der Waals surface area (Å²) in [4.78, 5) is 30.5. The average molecular weight is 509 g/mol. The quantitative estimate of drug-likeness (QED) is 0.271. The van der Waals surface area contributed by atoms with Gasteiger partial charge >= 0.3 is 5.97 Å². The van der Waals surface area contributed by atoms with Crippen LogP contribution in [0, 0.1) is 0 Å². The summed E-state index contributed by atoms with van der Waals surface area (Å²) in [6, 6.07) is 8.58. The minimum absolute atomic E-state index is 0.0719. The van der Waals surface area contributed by atoms with Crippen LogP contribution in [0.25, 0.3) is 0 Å². The van der Waals surface area contributed by atoms with Crippen molar-refractivity contribution >= 4 is 11.7 Å². The Bertz CT molecular complexity index is 965. The predicted molar refractivity (Wildman–Crippen MR) is 150 cm³/mol. The first-order valence-corrected chi connectivity index (χ1v) is 13.7. The third-order valence-corrected chi connectivity index (χ3v) is 6.52. The standard InChI is InChI=1S/C29H44N6O2/c1-3-16-33(17-4-2)18-5-6-19-34(24-29(36)37)20-25-9-11-26(12-10-25)21-35(22-27-8-7-13-30-27)23-28-31-14-15-32-28/h7,9-15H,3-6,8,16-24H2,1-2H3,(H,31,32)(H,36,37). The normalized spacial score (nSPS) is 13.3. The van der Waals surface area contributed by atoms with E-state index in [2.05, 4.69) is 73.8 Å². The maximum absolute atomic E-state index is 11.5. The number of carbonyl (C=O) groups is 1. The van der Waals surface area contributed by atoms with Crippen molar-refractivity contribution in [3.05, 3.63) is 65.9 Å². The lowest BCUT2D eigenvalue weighted by Gasteiger charge is -2.24. The summed E-state index contributed by atoms with van der Waals surface area (Å²) >= 11 is 0. The highest BCUT2D eigenvalue weighted by Crippen LogP contribution is 2.14. The number of carboxylic acids is 1. The van der Waals surface area contributed by atoms with Gasteiger partial charge in [0.15, 0.2) is 0 Å². The molecule has 0 amide bonds. The maximum atomic E-state index is 11.5. The topological polar surface area (TPSA) is 88.1 Å². The molecular weight excluding hydrogens is 464 g/mol. The van der Waals surface area contributed by atoms with Gasteiger partial charge in [0.05, 0.1) is 13.1 Å². The number of aromatic nitrogens is 2. The molecule has 0 fully saturated rings. The molecule has 0 aliphatic carbocycles. The molecule has 0 atom stereocenters. The van der Waals surface area contributed by atoms with Gasteiger partial charge in [0.1, 0.15) is 5.82 Å². The van der Waals surface area contributed by atoms with Crippen LogP contribution >= 0.6 is 0 Å². The lowest BCUT2D eigenvalue weighted by molar-refractivity contribution is -0.138. The summed E-state index contributed by atoms with van der Waals surface area (Å²) in [5, 5.41) is 9.44. The first kappa shape index (κ1) is 28.8. The van der Waals surface area contributed by atoms with Crippen LogP contribution in [0.3, 0.4) is 0 Å². The molecule has 0 radical (unpaired) electrons. The molecule has 0 unspecified atom stereocenters. The van der Waals surface area contributed by atoms with Gasteiger partial charge in [-0.25, -0.2) is 4.98 Å². The fourth-order valence-electron chi connectivity index (χ4n) is 4.84. The number of hydrogen-bond donors (Lipinski definition) is 2. The Morgan fingerprint density at radius 1 is 0.892 bits per heavy atom. The molecule has 0 bridgehead atoms. The van der Waals surface area contributed by atoms with Gasteiger partial charge in [-0.3, -0.25) is 19.6 Å². The van der Waals surface area contributed by atoms with E-state index in [1.165, 1.54) is 24.1 Å². The Kier molecular flexibility index (Phi) is 12.5. The van der Waals surface area contributed by atoms with E-state index >= 15 is 0 Å². The van der Waals surface area contributed by atoms with Crippen LogP contribution in [-0.4, -0.2) is 80.7 Å². The van der Waals surface area contributed by atoms with Gasteiger partial charge in [0.2, 0.25) is 0 Å². The molecule has 37 heavy (non-hydrogen) atoms. The molecule has 3 rings (SSSR count). The second kappa shape index (κ2) is 16.1. The van der Waals surface area contributed by atoms with E-state index in [9.17, 15) is 9.90 Å². The number of imidazole rings is 1. The van der Waals surface area contributed by atoms with Crippen molar-refractivity contribution in [2.24, 2.45) is 4.99 Å². The number of rotatable bonds is 19. The summed E-state index contributed by atoms with van der Waals surface area (Å²) in [6.45, 7) is 11.7. The minimum Gasteiger partial charge on any atom is -0.480 e. The molecule has 1 aliphatic rings. The van der Waals surface area contributed by atoms with Gasteiger partial charge in [-0.15, -0.1) is 0 Å². The molecule has 0 spiro atoms. The molecule has 1 aliphatic heterocycles. The Hall–Kier alpha value is -2.81. The number of nitrogens with zero attached hydrogens (tertiary/aromatic N) is 5. The zero-order chi connectivity index (χ0) is 26.3. The predicted octanol–water partition coefficient (Wildman–Crippen LogP) is 4.56. The van der Waals surface area contributed by atoms with Crippen LogP contribution in [0.1, 0.15) is 62.9 Å². The van der Waals surface area contributed by atoms with Crippen LogP contribution in [0.2, 0.25) is 0 Å². The number of aliphatic carboxylic acids is 1. The van der Waals surface area contributed by atoms with Crippen molar-refractivity contribution in [3.63, 3.8) is 0 Å². The summed E-state index contributed by atoms with van der Waals surface area (Å²) in [5.41, 5.74) is 3.53. The fourth-order valence-corrected chi connectivity index (χ4v) is 4.84. The smallest absolute Gasteiger partial charge is 0.317 e. The number of benzene rings is 1. The number of hydrogen-bond acceptors (Lipinski definition) is 6. The number of allylic oxidation sites excluding steroid dienone is 1. The minimum atomic E-state index is -0.770. The van der Waals surface area contributed by atoms with Crippen LogP contribution < -0.4 is 0 Å². The summed E-state index contributed by atoms with van der Waals surface area (Å²) in [5.74, 6) is 0.174. The van der Waals surface area contributed by atoms with E-state index < -0.39 is 5.97 Å². The molecule has 2 N–H and O–H groups in total. The maximum Gasteiger partial charge on any atom is 0.317 e. The van der Waals surface area contributed by atoms with Gasteiger partial charge in [0, 0.05) is 50.4 Å². The fraction of sp³-hybridized carbons (Fsp3) is 0.552. The van der Waals surface area contributed by atoms with Crippen LogP contribution in [0.5, 0.6) is 0 Å². The Morgan fingerprint density at radius 3 is 2.08 bits per heavy atom. The van der Waals surface area contributed by atoms with Crippen molar-refractivity contribution in [3.8, 4) is 0 Å². The highest BCUT2D eigenvalue weighted by Gasteiger charge is 2.14. The van der Waals surface area contributed by atoms with E-state index in [0.717, 1.165) is 76.5 Å². The number of unbranched alkanes of at least 4 members (excludes halogenated alkanes) is 1. The Labute approximate surface area is 222 Å². The number of aromatic amines is 1. The summed E-state index contributed by atoms with van der Waals surface area (Å²) in [7, 11) is 0. The van der Waals surface area contributed by atoms with E-state index in [4.69, 9.17) is 0 Å².